The SMILES string of the molecule is CCO[C@@H]1CN(Cc2ccc(OC)cc2)[C@H]2CCCO[C@@H]12. The second kappa shape index (κ2) is 6.77. The molecule has 0 saturated carbocycles. The molecule has 1 aromatic carbocycles. The Hall–Kier alpha value is -1.10. The van der Waals surface area contributed by atoms with E-state index in [2.05, 4.69) is 24.0 Å². The van der Waals surface area contributed by atoms with Crippen molar-refractivity contribution in [1.82, 2.24) is 4.90 Å². The minimum atomic E-state index is 0.221. The van der Waals surface area contributed by atoms with Crippen molar-refractivity contribution >= 4 is 0 Å². The van der Waals surface area contributed by atoms with E-state index in [9.17, 15) is 0 Å². The quantitative estimate of drug-likeness (QED) is 0.834. The maximum atomic E-state index is 5.98. The molecule has 2 fully saturated rings. The lowest BCUT2D eigenvalue weighted by Crippen LogP contribution is -2.41. The molecule has 0 aromatic heterocycles. The number of ether oxygens (including phenoxy) is 3. The van der Waals surface area contributed by atoms with Gasteiger partial charge in [0, 0.05) is 32.3 Å². The van der Waals surface area contributed by atoms with E-state index in [1.807, 2.05) is 12.1 Å². The maximum absolute atomic E-state index is 5.98. The van der Waals surface area contributed by atoms with E-state index in [1.165, 1.54) is 12.0 Å². The van der Waals surface area contributed by atoms with E-state index >= 15 is 0 Å². The molecule has 0 radical (unpaired) electrons. The lowest BCUT2D eigenvalue weighted by Gasteiger charge is -2.32. The summed E-state index contributed by atoms with van der Waals surface area (Å²) < 4.78 is 17.1. The fourth-order valence-corrected chi connectivity index (χ4v) is 3.51. The molecule has 2 aliphatic rings. The molecule has 0 aliphatic carbocycles. The molecule has 4 nitrogen and oxygen atoms in total. The summed E-state index contributed by atoms with van der Waals surface area (Å²) in [4.78, 5) is 2.52. The van der Waals surface area contributed by atoms with E-state index in [4.69, 9.17) is 14.2 Å². The summed E-state index contributed by atoms with van der Waals surface area (Å²) in [5.74, 6) is 0.909. The Labute approximate surface area is 127 Å². The molecule has 3 atom stereocenters. The monoisotopic (exact) mass is 291 g/mol. The Kier molecular flexibility index (Phi) is 4.78. The highest BCUT2D eigenvalue weighted by molar-refractivity contribution is 5.27. The number of fused-ring (bicyclic) bond motifs is 1. The molecule has 3 rings (SSSR count). The topological polar surface area (TPSA) is 30.9 Å². The Balaban J connectivity index is 1.68. The molecule has 0 amide bonds. The average molecular weight is 291 g/mol. The molecule has 0 unspecified atom stereocenters. The van der Waals surface area contributed by atoms with Gasteiger partial charge >= 0.3 is 0 Å². The van der Waals surface area contributed by atoms with Crippen molar-refractivity contribution in [2.24, 2.45) is 0 Å². The minimum absolute atomic E-state index is 0.221. The van der Waals surface area contributed by atoms with Crippen LogP contribution in [0.1, 0.15) is 25.3 Å². The molecule has 1 aromatic rings. The fourth-order valence-electron chi connectivity index (χ4n) is 3.51. The number of benzene rings is 1. The van der Waals surface area contributed by atoms with Crippen molar-refractivity contribution in [2.45, 2.75) is 44.6 Å². The van der Waals surface area contributed by atoms with Gasteiger partial charge in [-0.1, -0.05) is 12.1 Å². The highest BCUT2D eigenvalue weighted by Crippen LogP contribution is 2.31. The molecule has 0 N–H and O–H groups in total. The Bertz CT molecular complexity index is 448. The summed E-state index contributed by atoms with van der Waals surface area (Å²) in [6, 6.07) is 8.84. The highest BCUT2D eigenvalue weighted by atomic mass is 16.5. The number of hydrogen-bond acceptors (Lipinski definition) is 4. The van der Waals surface area contributed by atoms with Gasteiger partial charge in [0.2, 0.25) is 0 Å². The van der Waals surface area contributed by atoms with Crippen molar-refractivity contribution in [3.8, 4) is 5.75 Å². The summed E-state index contributed by atoms with van der Waals surface area (Å²) in [7, 11) is 1.70. The first-order valence-corrected chi connectivity index (χ1v) is 7.92. The van der Waals surface area contributed by atoms with Crippen LogP contribution in [0.15, 0.2) is 24.3 Å². The number of hydrogen-bond donors (Lipinski definition) is 0. The van der Waals surface area contributed by atoms with Crippen LogP contribution in [0.3, 0.4) is 0 Å². The van der Waals surface area contributed by atoms with Crippen molar-refractivity contribution in [1.29, 1.82) is 0 Å². The molecule has 21 heavy (non-hydrogen) atoms. The molecule has 2 heterocycles. The lowest BCUT2D eigenvalue weighted by atomic mass is 10.0. The summed E-state index contributed by atoms with van der Waals surface area (Å²) >= 11 is 0. The van der Waals surface area contributed by atoms with Crippen LogP contribution in [0.25, 0.3) is 0 Å². The first-order valence-electron chi connectivity index (χ1n) is 7.92. The molecular formula is C17H25NO3. The minimum Gasteiger partial charge on any atom is -0.497 e. The van der Waals surface area contributed by atoms with Crippen LogP contribution in [0.5, 0.6) is 5.75 Å². The smallest absolute Gasteiger partial charge is 0.118 e. The van der Waals surface area contributed by atoms with Crippen LogP contribution in [0, 0.1) is 0 Å². The highest BCUT2D eigenvalue weighted by Gasteiger charge is 2.44. The van der Waals surface area contributed by atoms with Crippen LogP contribution >= 0.6 is 0 Å². The van der Waals surface area contributed by atoms with Gasteiger partial charge in [-0.15, -0.1) is 0 Å². The Morgan fingerprint density at radius 1 is 1.29 bits per heavy atom. The summed E-state index contributed by atoms with van der Waals surface area (Å²) in [6.07, 6.45) is 2.83. The fraction of sp³-hybridized carbons (Fsp3) is 0.647. The van der Waals surface area contributed by atoms with E-state index in [-0.39, 0.29) is 12.2 Å². The molecule has 2 aliphatic heterocycles. The van der Waals surface area contributed by atoms with Gasteiger partial charge in [-0.3, -0.25) is 4.90 Å². The second-order valence-corrected chi connectivity index (χ2v) is 5.82. The maximum Gasteiger partial charge on any atom is 0.118 e. The van der Waals surface area contributed by atoms with Crippen molar-refractivity contribution < 1.29 is 14.2 Å². The normalized spacial score (nSPS) is 29.3. The van der Waals surface area contributed by atoms with E-state index in [0.29, 0.717) is 6.04 Å². The second-order valence-electron chi connectivity index (χ2n) is 5.82. The predicted molar refractivity (Wildman–Crippen MR) is 81.6 cm³/mol. The van der Waals surface area contributed by atoms with Gasteiger partial charge in [0.1, 0.15) is 11.9 Å². The van der Waals surface area contributed by atoms with Gasteiger partial charge in [0.15, 0.2) is 0 Å². The van der Waals surface area contributed by atoms with Gasteiger partial charge in [-0.25, -0.2) is 0 Å². The van der Waals surface area contributed by atoms with Gasteiger partial charge in [0.05, 0.1) is 13.2 Å². The Morgan fingerprint density at radius 2 is 2.10 bits per heavy atom. The standard InChI is InChI=1S/C17H25NO3/c1-3-20-16-12-18(15-5-4-10-21-17(15)16)11-13-6-8-14(19-2)9-7-13/h6-9,15-17H,3-5,10-12H2,1-2H3/t15-,16+,17+/m0/s1. The average Bonchev–Trinajstić information content (AvgIpc) is 2.87. The van der Waals surface area contributed by atoms with Crippen molar-refractivity contribution in [3.63, 3.8) is 0 Å². The van der Waals surface area contributed by atoms with Gasteiger partial charge in [0.25, 0.3) is 0 Å². The Morgan fingerprint density at radius 3 is 2.81 bits per heavy atom. The molecule has 116 valence electrons. The molecule has 4 heteroatoms. The largest absolute Gasteiger partial charge is 0.497 e. The number of rotatable bonds is 5. The zero-order chi connectivity index (χ0) is 14.7. The first kappa shape index (κ1) is 14.8. The summed E-state index contributed by atoms with van der Waals surface area (Å²) in [5.41, 5.74) is 1.32. The number of nitrogens with zero attached hydrogens (tertiary/aromatic N) is 1. The predicted octanol–water partition coefficient (Wildman–Crippen LogP) is 2.46. The van der Waals surface area contributed by atoms with Crippen molar-refractivity contribution in [3.05, 3.63) is 29.8 Å². The van der Waals surface area contributed by atoms with Crippen LogP contribution in [-0.2, 0) is 16.0 Å². The molecular weight excluding hydrogens is 266 g/mol. The third-order valence-corrected chi connectivity index (χ3v) is 4.51. The number of methoxy groups -OCH3 is 1. The zero-order valence-corrected chi connectivity index (χ0v) is 13.0. The zero-order valence-electron chi connectivity index (χ0n) is 13.0. The van der Waals surface area contributed by atoms with Gasteiger partial charge in [-0.2, -0.15) is 0 Å². The van der Waals surface area contributed by atoms with Gasteiger partial charge in [-0.05, 0) is 37.5 Å². The van der Waals surface area contributed by atoms with E-state index in [0.717, 1.165) is 38.5 Å². The third kappa shape index (κ3) is 3.23. The van der Waals surface area contributed by atoms with Crippen LogP contribution in [0.4, 0.5) is 0 Å². The lowest BCUT2D eigenvalue weighted by molar-refractivity contribution is -0.0749. The summed E-state index contributed by atoms with van der Waals surface area (Å²) in [6.45, 7) is 5.62. The van der Waals surface area contributed by atoms with Crippen LogP contribution < -0.4 is 4.74 Å². The first-order chi connectivity index (χ1) is 10.3. The molecule has 0 spiro atoms. The van der Waals surface area contributed by atoms with E-state index in [1.54, 1.807) is 7.11 Å². The number of likely N-dealkylation sites (tertiary alicyclic amines) is 1. The molecule has 0 bridgehead atoms. The van der Waals surface area contributed by atoms with Crippen LogP contribution in [0.2, 0.25) is 0 Å². The summed E-state index contributed by atoms with van der Waals surface area (Å²) in [5, 5.41) is 0. The van der Waals surface area contributed by atoms with Crippen molar-refractivity contribution in [2.75, 3.05) is 26.9 Å². The van der Waals surface area contributed by atoms with Crippen LogP contribution in [-0.4, -0.2) is 50.0 Å². The molecule has 2 saturated heterocycles. The third-order valence-electron chi connectivity index (χ3n) is 4.51. The van der Waals surface area contributed by atoms with E-state index < -0.39 is 0 Å². The van der Waals surface area contributed by atoms with Gasteiger partial charge < -0.3 is 14.2 Å².